The number of rotatable bonds is 1. The lowest BCUT2D eigenvalue weighted by Gasteiger charge is -2.47. The highest BCUT2D eigenvalue weighted by Gasteiger charge is 2.64. The molecule has 0 spiro atoms. The van der Waals surface area contributed by atoms with Gasteiger partial charge in [0.2, 0.25) is 0 Å². The van der Waals surface area contributed by atoms with Crippen molar-refractivity contribution in [1.82, 2.24) is 0 Å². The first kappa shape index (κ1) is 10.4. The Bertz CT molecular complexity index is 217. The third kappa shape index (κ3) is 1.04. The summed E-state index contributed by atoms with van der Waals surface area (Å²) >= 11 is 0. The normalized spacial score (nSPS) is 42.9. The second kappa shape index (κ2) is 2.96. The molecule has 1 aliphatic heterocycles. The Balaban J connectivity index is 2.41. The zero-order valence-corrected chi connectivity index (χ0v) is 9.85. The Morgan fingerprint density at radius 2 is 1.86 bits per heavy atom. The van der Waals surface area contributed by atoms with Gasteiger partial charge < -0.3 is 9.47 Å². The molecule has 1 heterocycles. The average Bonchev–Trinajstić information content (AvgIpc) is 2.56. The van der Waals surface area contributed by atoms with Crippen molar-refractivity contribution in [2.75, 3.05) is 13.7 Å². The van der Waals surface area contributed by atoms with E-state index in [1.165, 1.54) is 12.8 Å². The van der Waals surface area contributed by atoms with Gasteiger partial charge in [-0.25, -0.2) is 0 Å². The van der Waals surface area contributed by atoms with E-state index >= 15 is 0 Å². The molecule has 0 aromatic carbocycles. The molecular weight excluding hydrogens is 176 g/mol. The molecule has 0 N–H and O–H groups in total. The molecule has 2 unspecified atom stereocenters. The average molecular weight is 198 g/mol. The van der Waals surface area contributed by atoms with E-state index in [2.05, 4.69) is 20.8 Å². The van der Waals surface area contributed by atoms with E-state index in [4.69, 9.17) is 9.47 Å². The van der Waals surface area contributed by atoms with Gasteiger partial charge in [-0.1, -0.05) is 20.8 Å². The zero-order valence-electron chi connectivity index (χ0n) is 9.85. The zero-order chi connectivity index (χ0) is 10.4. The molecule has 2 aliphatic rings. The van der Waals surface area contributed by atoms with Crippen LogP contribution < -0.4 is 0 Å². The summed E-state index contributed by atoms with van der Waals surface area (Å²) in [6.45, 7) is 7.83. The van der Waals surface area contributed by atoms with Gasteiger partial charge in [-0.3, -0.25) is 0 Å². The molecule has 1 aliphatic carbocycles. The molecule has 2 heteroatoms. The molecule has 0 aromatic rings. The fourth-order valence-electron chi connectivity index (χ4n) is 3.65. The third-order valence-electron chi connectivity index (χ3n) is 4.47. The molecule has 2 atom stereocenters. The molecule has 0 radical (unpaired) electrons. The van der Waals surface area contributed by atoms with Crippen LogP contribution in [0.3, 0.4) is 0 Å². The van der Waals surface area contributed by atoms with Crippen LogP contribution >= 0.6 is 0 Å². The second-order valence-electron chi connectivity index (χ2n) is 5.74. The van der Waals surface area contributed by atoms with E-state index < -0.39 is 0 Å². The summed E-state index contributed by atoms with van der Waals surface area (Å²) < 4.78 is 11.7. The maximum Gasteiger partial charge on any atom is 0.174 e. The van der Waals surface area contributed by atoms with Gasteiger partial charge in [-0.05, 0) is 24.7 Å². The van der Waals surface area contributed by atoms with Crippen molar-refractivity contribution in [2.45, 2.75) is 52.2 Å². The van der Waals surface area contributed by atoms with Crippen LogP contribution in [0, 0.1) is 10.8 Å². The quantitative estimate of drug-likeness (QED) is 0.645. The molecule has 0 amide bonds. The van der Waals surface area contributed by atoms with Gasteiger partial charge in [0, 0.05) is 18.9 Å². The number of ether oxygens (including phenoxy) is 2. The lowest BCUT2D eigenvalue weighted by Crippen LogP contribution is -2.49. The van der Waals surface area contributed by atoms with Gasteiger partial charge in [0.1, 0.15) is 0 Å². The highest BCUT2D eigenvalue weighted by Crippen LogP contribution is 2.63. The standard InChI is InChI=1S/C12H22O2/c1-10(2,3)11-6-5-7-12(11,13-4)14-9-8-11/h5-9H2,1-4H3. The van der Waals surface area contributed by atoms with Crippen LogP contribution in [-0.4, -0.2) is 19.5 Å². The molecule has 1 saturated carbocycles. The molecule has 14 heavy (non-hydrogen) atoms. The lowest BCUT2D eigenvalue weighted by atomic mass is 9.62. The first-order chi connectivity index (χ1) is 6.47. The van der Waals surface area contributed by atoms with Crippen molar-refractivity contribution < 1.29 is 9.47 Å². The Morgan fingerprint density at radius 3 is 2.36 bits per heavy atom. The first-order valence-electron chi connectivity index (χ1n) is 5.67. The topological polar surface area (TPSA) is 18.5 Å². The molecule has 2 rings (SSSR count). The van der Waals surface area contributed by atoms with Gasteiger partial charge >= 0.3 is 0 Å². The van der Waals surface area contributed by atoms with Gasteiger partial charge in [0.05, 0.1) is 6.61 Å². The van der Waals surface area contributed by atoms with Crippen LogP contribution in [0.15, 0.2) is 0 Å². The smallest absolute Gasteiger partial charge is 0.174 e. The summed E-state index contributed by atoms with van der Waals surface area (Å²) in [5.74, 6) is -0.273. The highest BCUT2D eigenvalue weighted by atomic mass is 16.7. The second-order valence-corrected chi connectivity index (χ2v) is 5.74. The monoisotopic (exact) mass is 198 g/mol. The minimum Gasteiger partial charge on any atom is -0.353 e. The largest absolute Gasteiger partial charge is 0.353 e. The number of hydrogen-bond donors (Lipinski definition) is 0. The number of methoxy groups -OCH3 is 1. The van der Waals surface area contributed by atoms with E-state index in [1.807, 2.05) is 0 Å². The van der Waals surface area contributed by atoms with Crippen LogP contribution in [0.4, 0.5) is 0 Å². The summed E-state index contributed by atoms with van der Waals surface area (Å²) in [7, 11) is 1.80. The maximum absolute atomic E-state index is 5.92. The fourth-order valence-corrected chi connectivity index (χ4v) is 3.65. The molecule has 0 aromatic heterocycles. The van der Waals surface area contributed by atoms with Crippen molar-refractivity contribution in [3.63, 3.8) is 0 Å². The molecule has 0 bridgehead atoms. The van der Waals surface area contributed by atoms with Gasteiger partial charge in [-0.2, -0.15) is 0 Å². The summed E-state index contributed by atoms with van der Waals surface area (Å²) in [5, 5.41) is 0. The van der Waals surface area contributed by atoms with Crippen molar-refractivity contribution in [3.05, 3.63) is 0 Å². The highest BCUT2D eigenvalue weighted by molar-refractivity contribution is 5.08. The van der Waals surface area contributed by atoms with Crippen LogP contribution in [0.2, 0.25) is 0 Å². The van der Waals surface area contributed by atoms with E-state index in [0.717, 1.165) is 19.4 Å². The Morgan fingerprint density at radius 1 is 1.14 bits per heavy atom. The van der Waals surface area contributed by atoms with Gasteiger partial charge in [0.15, 0.2) is 5.79 Å². The number of fused-ring (bicyclic) bond motifs is 1. The molecule has 2 nitrogen and oxygen atoms in total. The van der Waals surface area contributed by atoms with Crippen LogP contribution in [0.5, 0.6) is 0 Å². The summed E-state index contributed by atoms with van der Waals surface area (Å²) in [6.07, 6.45) is 4.72. The van der Waals surface area contributed by atoms with Crippen molar-refractivity contribution in [3.8, 4) is 0 Å². The van der Waals surface area contributed by atoms with Crippen LogP contribution in [0.25, 0.3) is 0 Å². The SMILES string of the molecule is COC12CCCC1(C(C)(C)C)CCO2. The van der Waals surface area contributed by atoms with Gasteiger partial charge in [0.25, 0.3) is 0 Å². The Hall–Kier alpha value is -0.0800. The van der Waals surface area contributed by atoms with E-state index in [-0.39, 0.29) is 16.6 Å². The Labute approximate surface area is 87.0 Å². The minimum absolute atomic E-state index is 0.245. The van der Waals surface area contributed by atoms with E-state index in [0.29, 0.717) is 0 Å². The fraction of sp³-hybridized carbons (Fsp3) is 1.00. The van der Waals surface area contributed by atoms with E-state index in [1.54, 1.807) is 7.11 Å². The predicted molar refractivity (Wildman–Crippen MR) is 56.0 cm³/mol. The van der Waals surface area contributed by atoms with Crippen molar-refractivity contribution in [2.24, 2.45) is 10.8 Å². The summed E-state index contributed by atoms with van der Waals surface area (Å²) in [5.41, 5.74) is 0.519. The first-order valence-corrected chi connectivity index (χ1v) is 5.67. The van der Waals surface area contributed by atoms with Crippen molar-refractivity contribution in [1.29, 1.82) is 0 Å². The maximum atomic E-state index is 5.92. The molecule has 82 valence electrons. The molecule has 2 fully saturated rings. The molecular formula is C12H22O2. The van der Waals surface area contributed by atoms with Crippen molar-refractivity contribution >= 4 is 0 Å². The predicted octanol–water partition coefficient (Wildman–Crippen LogP) is 2.97. The minimum atomic E-state index is -0.273. The summed E-state index contributed by atoms with van der Waals surface area (Å²) in [4.78, 5) is 0. The Kier molecular flexibility index (Phi) is 2.20. The molecule has 1 saturated heterocycles. The summed E-state index contributed by atoms with van der Waals surface area (Å²) in [6, 6.07) is 0. The van der Waals surface area contributed by atoms with Crippen LogP contribution in [-0.2, 0) is 9.47 Å². The lowest BCUT2D eigenvalue weighted by molar-refractivity contribution is -0.252. The van der Waals surface area contributed by atoms with Gasteiger partial charge in [-0.15, -0.1) is 0 Å². The number of hydrogen-bond acceptors (Lipinski definition) is 2. The van der Waals surface area contributed by atoms with Crippen LogP contribution in [0.1, 0.15) is 46.5 Å². The third-order valence-corrected chi connectivity index (χ3v) is 4.47. The van der Waals surface area contributed by atoms with E-state index in [9.17, 15) is 0 Å².